The van der Waals surface area contributed by atoms with Gasteiger partial charge in [0.25, 0.3) is 0 Å². The molecule has 0 saturated carbocycles. The van der Waals surface area contributed by atoms with Gasteiger partial charge < -0.3 is 10.6 Å². The van der Waals surface area contributed by atoms with Crippen molar-refractivity contribution in [3.8, 4) is 0 Å². The highest BCUT2D eigenvalue weighted by molar-refractivity contribution is 7.08. The fourth-order valence-electron chi connectivity index (χ4n) is 1.62. The number of nitrogens with one attached hydrogen (secondary N) is 2. The van der Waals surface area contributed by atoms with E-state index in [0.29, 0.717) is 12.4 Å². The lowest BCUT2D eigenvalue weighted by Gasteiger charge is -2.08. The summed E-state index contributed by atoms with van der Waals surface area (Å²) >= 11 is 1.61. The molecule has 2 aromatic heterocycles. The van der Waals surface area contributed by atoms with Crippen molar-refractivity contribution < 1.29 is 4.92 Å². The van der Waals surface area contributed by atoms with Gasteiger partial charge in [-0.05, 0) is 34.9 Å². The number of anilines is 2. The first kappa shape index (κ1) is 13.3. The standard InChI is InChI=1S/C12H14N4O2S/c1-8-6-19-7-9(8)5-14-12-10(16(17)18)3-4-11(13-2)15-12/h3-4,6-7H,5H2,1-2H3,(H2,13,14,15). The minimum atomic E-state index is -0.435. The highest BCUT2D eigenvalue weighted by Crippen LogP contribution is 2.25. The van der Waals surface area contributed by atoms with Crippen LogP contribution in [0.5, 0.6) is 0 Å². The molecular formula is C12H14N4O2S. The van der Waals surface area contributed by atoms with Crippen LogP contribution < -0.4 is 10.6 Å². The average Bonchev–Trinajstić information content (AvgIpc) is 2.81. The summed E-state index contributed by atoms with van der Waals surface area (Å²) in [6.07, 6.45) is 0. The van der Waals surface area contributed by atoms with Crippen molar-refractivity contribution in [1.82, 2.24) is 4.98 Å². The number of hydrogen-bond donors (Lipinski definition) is 2. The van der Waals surface area contributed by atoms with E-state index in [1.165, 1.54) is 11.6 Å². The summed E-state index contributed by atoms with van der Waals surface area (Å²) in [5.41, 5.74) is 2.27. The molecule has 0 aliphatic carbocycles. The quantitative estimate of drug-likeness (QED) is 0.649. The number of nitro groups is 1. The smallest absolute Gasteiger partial charge is 0.311 e. The Balaban J connectivity index is 2.22. The molecule has 2 aromatic rings. The van der Waals surface area contributed by atoms with Crippen LogP contribution in [0.2, 0.25) is 0 Å². The summed E-state index contributed by atoms with van der Waals surface area (Å²) in [5, 5.41) is 20.9. The Morgan fingerprint density at radius 1 is 1.42 bits per heavy atom. The lowest BCUT2D eigenvalue weighted by atomic mass is 10.2. The van der Waals surface area contributed by atoms with Crippen molar-refractivity contribution in [2.45, 2.75) is 13.5 Å². The van der Waals surface area contributed by atoms with E-state index in [1.54, 1.807) is 24.5 Å². The van der Waals surface area contributed by atoms with E-state index in [1.807, 2.05) is 17.7 Å². The lowest BCUT2D eigenvalue weighted by Crippen LogP contribution is -2.06. The van der Waals surface area contributed by atoms with Gasteiger partial charge in [-0.15, -0.1) is 0 Å². The molecule has 19 heavy (non-hydrogen) atoms. The van der Waals surface area contributed by atoms with Crippen molar-refractivity contribution in [3.05, 3.63) is 44.1 Å². The molecule has 2 N–H and O–H groups in total. The van der Waals surface area contributed by atoms with Crippen LogP contribution >= 0.6 is 11.3 Å². The maximum atomic E-state index is 11.0. The van der Waals surface area contributed by atoms with Crippen LogP contribution in [0.3, 0.4) is 0 Å². The molecule has 6 nitrogen and oxygen atoms in total. The van der Waals surface area contributed by atoms with E-state index in [9.17, 15) is 10.1 Å². The molecule has 0 aliphatic heterocycles. The van der Waals surface area contributed by atoms with Crippen LogP contribution in [0, 0.1) is 17.0 Å². The largest absolute Gasteiger partial charge is 0.373 e. The third kappa shape index (κ3) is 3.00. The van der Waals surface area contributed by atoms with Crippen LogP contribution in [0.15, 0.2) is 22.9 Å². The Bertz CT molecular complexity index is 597. The number of nitrogens with zero attached hydrogens (tertiary/aromatic N) is 2. The van der Waals surface area contributed by atoms with E-state index < -0.39 is 4.92 Å². The van der Waals surface area contributed by atoms with Crippen molar-refractivity contribution in [2.24, 2.45) is 0 Å². The van der Waals surface area contributed by atoms with E-state index in [4.69, 9.17) is 0 Å². The van der Waals surface area contributed by atoms with Gasteiger partial charge in [-0.1, -0.05) is 0 Å². The molecule has 2 heterocycles. The topological polar surface area (TPSA) is 80.1 Å². The van der Waals surface area contributed by atoms with Gasteiger partial charge in [0.2, 0.25) is 5.82 Å². The number of hydrogen-bond acceptors (Lipinski definition) is 6. The molecule has 0 atom stereocenters. The SMILES string of the molecule is CNc1ccc([N+](=O)[O-])c(NCc2cscc2C)n1. The molecular weight excluding hydrogens is 264 g/mol. The highest BCUT2D eigenvalue weighted by atomic mass is 32.1. The Kier molecular flexibility index (Phi) is 3.96. The Labute approximate surface area is 114 Å². The van der Waals surface area contributed by atoms with Crippen LogP contribution in [-0.4, -0.2) is 17.0 Å². The second-order valence-electron chi connectivity index (χ2n) is 4.00. The molecule has 7 heteroatoms. The molecule has 2 rings (SSSR count). The number of rotatable bonds is 5. The van der Waals surface area contributed by atoms with Crippen molar-refractivity contribution >= 4 is 28.7 Å². The molecule has 0 aromatic carbocycles. The zero-order valence-corrected chi connectivity index (χ0v) is 11.5. The average molecular weight is 278 g/mol. The second-order valence-corrected chi connectivity index (χ2v) is 4.75. The van der Waals surface area contributed by atoms with Gasteiger partial charge in [0, 0.05) is 19.7 Å². The molecule has 0 bridgehead atoms. The maximum absolute atomic E-state index is 11.0. The maximum Gasteiger partial charge on any atom is 0.311 e. The molecule has 100 valence electrons. The summed E-state index contributed by atoms with van der Waals surface area (Å²) in [6.45, 7) is 2.54. The van der Waals surface area contributed by atoms with Crippen LogP contribution in [0.1, 0.15) is 11.1 Å². The Hall–Kier alpha value is -2.15. The molecule has 0 spiro atoms. The molecule has 0 unspecified atom stereocenters. The Morgan fingerprint density at radius 3 is 2.79 bits per heavy atom. The first-order valence-corrected chi connectivity index (χ1v) is 6.65. The minimum absolute atomic E-state index is 0.0214. The Morgan fingerprint density at radius 2 is 2.21 bits per heavy atom. The number of aryl methyl sites for hydroxylation is 1. The van der Waals surface area contributed by atoms with Crippen LogP contribution in [-0.2, 0) is 6.54 Å². The molecule has 0 fully saturated rings. The zero-order valence-electron chi connectivity index (χ0n) is 10.6. The van der Waals surface area contributed by atoms with Gasteiger partial charge >= 0.3 is 5.69 Å². The summed E-state index contributed by atoms with van der Waals surface area (Å²) in [4.78, 5) is 14.7. The van der Waals surface area contributed by atoms with E-state index in [2.05, 4.69) is 15.6 Å². The third-order valence-corrected chi connectivity index (χ3v) is 3.64. The monoisotopic (exact) mass is 278 g/mol. The summed E-state index contributed by atoms with van der Waals surface area (Å²) < 4.78 is 0. The fraction of sp³-hybridized carbons (Fsp3) is 0.250. The third-order valence-electron chi connectivity index (χ3n) is 2.73. The van der Waals surface area contributed by atoms with Crippen molar-refractivity contribution in [1.29, 1.82) is 0 Å². The highest BCUT2D eigenvalue weighted by Gasteiger charge is 2.15. The molecule has 0 saturated heterocycles. The van der Waals surface area contributed by atoms with Crippen LogP contribution in [0.4, 0.5) is 17.3 Å². The van der Waals surface area contributed by atoms with E-state index in [0.717, 1.165) is 5.56 Å². The second kappa shape index (κ2) is 5.66. The number of thiophene rings is 1. The number of aromatic nitrogens is 1. The lowest BCUT2D eigenvalue weighted by molar-refractivity contribution is -0.384. The molecule has 0 aliphatic rings. The summed E-state index contributed by atoms with van der Waals surface area (Å²) in [5.74, 6) is 0.873. The van der Waals surface area contributed by atoms with Crippen molar-refractivity contribution in [3.63, 3.8) is 0 Å². The minimum Gasteiger partial charge on any atom is -0.373 e. The van der Waals surface area contributed by atoms with E-state index >= 15 is 0 Å². The van der Waals surface area contributed by atoms with E-state index in [-0.39, 0.29) is 11.5 Å². The predicted octanol–water partition coefficient (Wildman–Crippen LogP) is 3.01. The van der Waals surface area contributed by atoms with Crippen LogP contribution in [0.25, 0.3) is 0 Å². The summed E-state index contributed by atoms with van der Waals surface area (Å²) in [7, 11) is 1.72. The summed E-state index contributed by atoms with van der Waals surface area (Å²) in [6, 6.07) is 3.03. The normalized spacial score (nSPS) is 10.2. The number of pyridine rings is 1. The predicted molar refractivity (Wildman–Crippen MR) is 76.8 cm³/mol. The van der Waals surface area contributed by atoms with Gasteiger partial charge in [-0.25, -0.2) is 4.98 Å². The molecule has 0 radical (unpaired) electrons. The van der Waals surface area contributed by atoms with Crippen molar-refractivity contribution in [2.75, 3.05) is 17.7 Å². The molecule has 0 amide bonds. The first-order chi connectivity index (χ1) is 9.11. The van der Waals surface area contributed by atoms with Gasteiger partial charge in [-0.3, -0.25) is 10.1 Å². The van der Waals surface area contributed by atoms with Gasteiger partial charge in [0.1, 0.15) is 5.82 Å². The van der Waals surface area contributed by atoms with Gasteiger partial charge in [0.05, 0.1) is 4.92 Å². The van der Waals surface area contributed by atoms with Gasteiger partial charge in [-0.2, -0.15) is 11.3 Å². The van der Waals surface area contributed by atoms with Gasteiger partial charge in [0.15, 0.2) is 0 Å². The fourth-order valence-corrected chi connectivity index (χ4v) is 2.47. The first-order valence-electron chi connectivity index (χ1n) is 5.70. The zero-order chi connectivity index (χ0) is 13.8.